The van der Waals surface area contributed by atoms with E-state index in [4.69, 9.17) is 0 Å². The lowest BCUT2D eigenvalue weighted by atomic mass is 10.0. The summed E-state index contributed by atoms with van der Waals surface area (Å²) < 4.78 is 13.4. The van der Waals surface area contributed by atoms with Crippen LogP contribution < -0.4 is 5.32 Å². The van der Waals surface area contributed by atoms with Crippen molar-refractivity contribution in [1.29, 1.82) is 0 Å². The summed E-state index contributed by atoms with van der Waals surface area (Å²) in [7, 11) is 0. The topological polar surface area (TPSA) is 73.9 Å². The van der Waals surface area contributed by atoms with Gasteiger partial charge in [-0.2, -0.15) is 0 Å². The summed E-state index contributed by atoms with van der Waals surface area (Å²) in [5.74, 6) is 0.536. The van der Waals surface area contributed by atoms with Gasteiger partial charge in [0.1, 0.15) is 11.6 Å². The monoisotopic (exact) mass is 379 g/mol. The second-order valence-electron chi connectivity index (χ2n) is 7.00. The fourth-order valence-electron chi connectivity index (χ4n) is 3.45. The third-order valence-electron chi connectivity index (χ3n) is 5.00. The Morgan fingerprint density at radius 1 is 1.21 bits per heavy atom. The van der Waals surface area contributed by atoms with E-state index in [1.54, 1.807) is 36.7 Å². The number of imidazole rings is 1. The predicted octanol–water partition coefficient (Wildman–Crippen LogP) is 3.01. The van der Waals surface area contributed by atoms with E-state index < -0.39 is 0 Å². The number of benzene rings is 1. The minimum absolute atomic E-state index is 0.122. The Bertz CT molecular complexity index is 918. The van der Waals surface area contributed by atoms with Gasteiger partial charge >= 0.3 is 0 Å². The number of nitrogens with one attached hydrogen (secondary N) is 2. The first-order valence-corrected chi connectivity index (χ1v) is 9.41. The molecule has 28 heavy (non-hydrogen) atoms. The van der Waals surface area contributed by atoms with Crippen molar-refractivity contribution in [2.75, 3.05) is 13.1 Å². The number of hydrogen-bond donors (Lipinski definition) is 2. The quantitative estimate of drug-likeness (QED) is 0.715. The van der Waals surface area contributed by atoms with Crippen molar-refractivity contribution in [3.05, 3.63) is 72.2 Å². The molecule has 6 nitrogen and oxygen atoms in total. The van der Waals surface area contributed by atoms with Crippen molar-refractivity contribution in [1.82, 2.24) is 25.2 Å². The van der Waals surface area contributed by atoms with Crippen LogP contribution >= 0.6 is 0 Å². The van der Waals surface area contributed by atoms with Crippen LogP contribution in [0.4, 0.5) is 4.39 Å². The van der Waals surface area contributed by atoms with Crippen LogP contribution in [0.3, 0.4) is 0 Å². The molecule has 144 valence electrons. The number of aromatic nitrogens is 3. The SMILES string of the molecule is O=C(NC1CCN(Cc2ncc[nH]2)CC1)c1ccc(-c2cccc(F)c2)nc1. The molecule has 2 N–H and O–H groups in total. The van der Waals surface area contributed by atoms with Gasteiger partial charge in [-0.25, -0.2) is 9.37 Å². The van der Waals surface area contributed by atoms with E-state index in [-0.39, 0.29) is 17.8 Å². The first-order chi connectivity index (χ1) is 13.7. The van der Waals surface area contributed by atoms with E-state index in [0.717, 1.165) is 38.3 Å². The third-order valence-corrected chi connectivity index (χ3v) is 5.00. The Morgan fingerprint density at radius 2 is 2.07 bits per heavy atom. The molecule has 2 aromatic heterocycles. The molecule has 0 bridgehead atoms. The molecule has 1 aliphatic heterocycles. The smallest absolute Gasteiger partial charge is 0.253 e. The van der Waals surface area contributed by atoms with E-state index in [0.29, 0.717) is 16.8 Å². The second-order valence-corrected chi connectivity index (χ2v) is 7.00. The summed E-state index contributed by atoms with van der Waals surface area (Å²) in [6.45, 7) is 2.64. The maximum absolute atomic E-state index is 13.4. The number of H-pyrrole nitrogens is 1. The number of likely N-dealkylation sites (tertiary alicyclic amines) is 1. The number of carbonyl (C=O) groups is 1. The molecule has 0 unspecified atom stereocenters. The molecular weight excluding hydrogens is 357 g/mol. The molecule has 1 saturated heterocycles. The van der Waals surface area contributed by atoms with Gasteiger partial charge in [-0.3, -0.25) is 14.7 Å². The Balaban J connectivity index is 1.30. The Kier molecular flexibility index (Phi) is 5.43. The molecule has 0 spiro atoms. The highest BCUT2D eigenvalue weighted by Crippen LogP contribution is 2.18. The number of aromatic amines is 1. The number of carbonyl (C=O) groups excluding carboxylic acids is 1. The molecule has 1 fully saturated rings. The number of piperidine rings is 1. The third kappa shape index (κ3) is 4.43. The fourth-order valence-corrected chi connectivity index (χ4v) is 3.45. The zero-order chi connectivity index (χ0) is 19.3. The van der Waals surface area contributed by atoms with Gasteiger partial charge in [-0.05, 0) is 37.1 Å². The number of nitrogens with zero attached hydrogens (tertiary/aromatic N) is 3. The zero-order valence-electron chi connectivity index (χ0n) is 15.4. The van der Waals surface area contributed by atoms with Gasteiger partial charge in [-0.1, -0.05) is 12.1 Å². The van der Waals surface area contributed by atoms with Crippen LogP contribution in [0.15, 0.2) is 55.0 Å². The summed E-state index contributed by atoms with van der Waals surface area (Å²) in [6, 6.07) is 9.89. The van der Waals surface area contributed by atoms with Crippen molar-refractivity contribution in [2.24, 2.45) is 0 Å². The number of hydrogen-bond acceptors (Lipinski definition) is 4. The van der Waals surface area contributed by atoms with Gasteiger partial charge in [0.2, 0.25) is 0 Å². The standard InChI is InChI=1S/C21H22FN5O/c22-17-3-1-2-15(12-17)19-5-4-16(13-25-19)21(28)26-18-6-10-27(11-7-18)14-20-23-8-9-24-20/h1-5,8-9,12-13,18H,6-7,10-11,14H2,(H,23,24)(H,26,28). The molecule has 1 amide bonds. The lowest BCUT2D eigenvalue weighted by Gasteiger charge is -2.31. The van der Waals surface area contributed by atoms with Crippen LogP contribution in [0.25, 0.3) is 11.3 Å². The van der Waals surface area contributed by atoms with Gasteiger partial charge in [0.15, 0.2) is 0 Å². The minimum atomic E-state index is -0.306. The van der Waals surface area contributed by atoms with Crippen LogP contribution in [-0.4, -0.2) is 44.9 Å². The highest BCUT2D eigenvalue weighted by Gasteiger charge is 2.21. The van der Waals surface area contributed by atoms with Gasteiger partial charge in [0.25, 0.3) is 5.91 Å². The van der Waals surface area contributed by atoms with Crippen LogP contribution in [0.2, 0.25) is 0 Å². The van der Waals surface area contributed by atoms with Crippen molar-refractivity contribution in [3.8, 4) is 11.3 Å². The van der Waals surface area contributed by atoms with Crippen molar-refractivity contribution in [3.63, 3.8) is 0 Å². The van der Waals surface area contributed by atoms with Crippen molar-refractivity contribution < 1.29 is 9.18 Å². The van der Waals surface area contributed by atoms with Gasteiger partial charge in [0.05, 0.1) is 17.8 Å². The normalized spacial score (nSPS) is 15.5. The molecule has 0 radical (unpaired) electrons. The number of amides is 1. The summed E-state index contributed by atoms with van der Waals surface area (Å²) in [6.07, 6.45) is 6.94. The molecule has 7 heteroatoms. The molecule has 0 saturated carbocycles. The van der Waals surface area contributed by atoms with E-state index in [1.807, 2.05) is 6.20 Å². The summed E-state index contributed by atoms with van der Waals surface area (Å²) >= 11 is 0. The van der Waals surface area contributed by atoms with E-state index >= 15 is 0 Å². The number of pyridine rings is 1. The number of rotatable bonds is 5. The molecule has 1 aliphatic rings. The number of halogens is 1. The maximum atomic E-state index is 13.4. The summed E-state index contributed by atoms with van der Waals surface area (Å²) in [4.78, 5) is 26.5. The molecule has 1 aromatic carbocycles. The van der Waals surface area contributed by atoms with Crippen LogP contribution in [-0.2, 0) is 6.54 Å². The molecule has 4 rings (SSSR count). The molecule has 0 atom stereocenters. The van der Waals surface area contributed by atoms with Crippen LogP contribution in [0.5, 0.6) is 0 Å². The van der Waals surface area contributed by atoms with E-state index in [2.05, 4.69) is 25.2 Å². The largest absolute Gasteiger partial charge is 0.349 e. The summed E-state index contributed by atoms with van der Waals surface area (Å²) in [5.41, 5.74) is 1.84. The fraction of sp³-hybridized carbons (Fsp3) is 0.286. The van der Waals surface area contributed by atoms with Gasteiger partial charge in [0, 0.05) is 43.3 Å². The predicted molar refractivity (Wildman–Crippen MR) is 104 cm³/mol. The Morgan fingerprint density at radius 3 is 2.75 bits per heavy atom. The Hall–Kier alpha value is -3.06. The van der Waals surface area contributed by atoms with Gasteiger partial charge < -0.3 is 10.3 Å². The van der Waals surface area contributed by atoms with Crippen molar-refractivity contribution in [2.45, 2.75) is 25.4 Å². The maximum Gasteiger partial charge on any atom is 0.253 e. The van der Waals surface area contributed by atoms with Crippen LogP contribution in [0, 0.1) is 5.82 Å². The molecule has 0 aliphatic carbocycles. The minimum Gasteiger partial charge on any atom is -0.349 e. The first-order valence-electron chi connectivity index (χ1n) is 9.41. The highest BCUT2D eigenvalue weighted by atomic mass is 19.1. The van der Waals surface area contributed by atoms with Crippen LogP contribution in [0.1, 0.15) is 29.0 Å². The van der Waals surface area contributed by atoms with E-state index in [9.17, 15) is 9.18 Å². The van der Waals surface area contributed by atoms with Gasteiger partial charge in [-0.15, -0.1) is 0 Å². The Labute approximate surface area is 162 Å². The second kappa shape index (κ2) is 8.31. The highest BCUT2D eigenvalue weighted by molar-refractivity contribution is 5.94. The summed E-state index contributed by atoms with van der Waals surface area (Å²) in [5, 5.41) is 3.09. The lowest BCUT2D eigenvalue weighted by Crippen LogP contribution is -2.44. The molecule has 3 heterocycles. The lowest BCUT2D eigenvalue weighted by molar-refractivity contribution is 0.0908. The average Bonchev–Trinajstić information content (AvgIpc) is 3.23. The van der Waals surface area contributed by atoms with Crippen molar-refractivity contribution >= 4 is 5.91 Å². The van der Waals surface area contributed by atoms with E-state index in [1.165, 1.54) is 12.1 Å². The molecular formula is C21H22FN5O. The zero-order valence-corrected chi connectivity index (χ0v) is 15.4. The average molecular weight is 379 g/mol. The molecule has 3 aromatic rings. The first kappa shape index (κ1) is 18.3.